The van der Waals surface area contributed by atoms with E-state index in [1.165, 1.54) is 11.1 Å². The SMILES string of the molecule is Cc1cccc(CCC(=O)N2CCN(Cc3nc(-c4cccs4)no3)CC2)c1. The molecule has 3 aromatic rings. The van der Waals surface area contributed by atoms with Crippen LogP contribution in [0, 0.1) is 6.92 Å². The Bertz CT molecular complexity index is 914. The van der Waals surface area contributed by atoms with Crippen LogP contribution in [0.1, 0.15) is 23.4 Å². The van der Waals surface area contributed by atoms with Crippen molar-refractivity contribution in [2.24, 2.45) is 0 Å². The number of piperazine rings is 1. The zero-order valence-corrected chi connectivity index (χ0v) is 16.8. The number of thiophene rings is 1. The standard InChI is InChI=1S/C21H24N4O2S/c1-16-4-2-5-17(14-16)7-8-20(26)25-11-9-24(10-12-25)15-19-22-21(23-27-19)18-6-3-13-28-18/h2-6,13-14H,7-12,15H2,1H3. The second-order valence-electron chi connectivity index (χ2n) is 7.14. The van der Waals surface area contributed by atoms with Crippen LogP contribution in [0.4, 0.5) is 0 Å². The van der Waals surface area contributed by atoms with Crippen molar-refractivity contribution in [3.63, 3.8) is 0 Å². The number of aromatic nitrogens is 2. The van der Waals surface area contributed by atoms with E-state index in [4.69, 9.17) is 4.52 Å². The fourth-order valence-electron chi connectivity index (χ4n) is 3.45. The molecule has 1 aliphatic rings. The fraction of sp³-hybridized carbons (Fsp3) is 0.381. The minimum Gasteiger partial charge on any atom is -0.340 e. The third kappa shape index (κ3) is 4.66. The summed E-state index contributed by atoms with van der Waals surface area (Å²) in [6.45, 7) is 5.86. The van der Waals surface area contributed by atoms with Gasteiger partial charge in [-0.2, -0.15) is 4.98 Å². The molecule has 7 heteroatoms. The normalized spacial score (nSPS) is 15.1. The molecule has 28 heavy (non-hydrogen) atoms. The summed E-state index contributed by atoms with van der Waals surface area (Å²) in [6, 6.07) is 12.3. The monoisotopic (exact) mass is 396 g/mol. The Morgan fingerprint density at radius 3 is 2.79 bits per heavy atom. The van der Waals surface area contributed by atoms with Crippen LogP contribution >= 0.6 is 11.3 Å². The van der Waals surface area contributed by atoms with E-state index in [0.29, 0.717) is 24.7 Å². The van der Waals surface area contributed by atoms with Crippen LogP contribution in [-0.2, 0) is 17.8 Å². The molecule has 146 valence electrons. The summed E-state index contributed by atoms with van der Waals surface area (Å²) in [7, 11) is 0. The van der Waals surface area contributed by atoms with Crippen molar-refractivity contribution in [3.8, 4) is 10.7 Å². The van der Waals surface area contributed by atoms with Crippen LogP contribution in [0.5, 0.6) is 0 Å². The molecule has 1 fully saturated rings. The van der Waals surface area contributed by atoms with E-state index in [0.717, 1.165) is 37.5 Å². The van der Waals surface area contributed by atoms with Gasteiger partial charge in [-0.25, -0.2) is 0 Å². The average molecular weight is 397 g/mol. The van der Waals surface area contributed by atoms with Gasteiger partial charge in [0.05, 0.1) is 11.4 Å². The number of carbonyl (C=O) groups excluding carboxylic acids is 1. The molecule has 1 aromatic carbocycles. The molecule has 1 amide bonds. The Labute approximate surface area is 168 Å². The fourth-order valence-corrected chi connectivity index (χ4v) is 4.10. The quantitative estimate of drug-likeness (QED) is 0.639. The largest absolute Gasteiger partial charge is 0.340 e. The van der Waals surface area contributed by atoms with E-state index in [1.807, 2.05) is 22.4 Å². The molecule has 0 unspecified atom stereocenters. The average Bonchev–Trinajstić information content (AvgIpc) is 3.38. The van der Waals surface area contributed by atoms with Gasteiger partial charge in [-0.1, -0.05) is 41.1 Å². The maximum atomic E-state index is 12.5. The number of benzene rings is 1. The first-order valence-corrected chi connectivity index (χ1v) is 10.5. The van der Waals surface area contributed by atoms with Gasteiger partial charge in [-0.15, -0.1) is 11.3 Å². The molecule has 0 spiro atoms. The summed E-state index contributed by atoms with van der Waals surface area (Å²) in [4.78, 5) is 22.2. The molecule has 4 rings (SSSR count). The van der Waals surface area contributed by atoms with Crippen LogP contribution in [0.15, 0.2) is 46.3 Å². The molecule has 0 aliphatic carbocycles. The second kappa shape index (κ2) is 8.67. The molecular formula is C21H24N4O2S. The van der Waals surface area contributed by atoms with E-state index in [1.54, 1.807) is 11.3 Å². The number of carbonyl (C=O) groups is 1. The van der Waals surface area contributed by atoms with Crippen LogP contribution in [0.2, 0.25) is 0 Å². The molecule has 3 heterocycles. The highest BCUT2D eigenvalue weighted by Crippen LogP contribution is 2.21. The molecule has 1 saturated heterocycles. The van der Waals surface area contributed by atoms with E-state index in [2.05, 4.69) is 46.2 Å². The topological polar surface area (TPSA) is 62.5 Å². The predicted octanol–water partition coefficient (Wildman–Crippen LogP) is 3.38. The third-order valence-corrected chi connectivity index (χ3v) is 5.87. The Balaban J connectivity index is 1.23. The highest BCUT2D eigenvalue weighted by atomic mass is 32.1. The Morgan fingerprint density at radius 2 is 2.04 bits per heavy atom. The first-order chi connectivity index (χ1) is 13.7. The number of hydrogen-bond acceptors (Lipinski definition) is 6. The van der Waals surface area contributed by atoms with Gasteiger partial charge in [0.2, 0.25) is 17.6 Å². The summed E-state index contributed by atoms with van der Waals surface area (Å²) < 4.78 is 5.39. The minimum absolute atomic E-state index is 0.235. The Kier molecular flexibility index (Phi) is 5.83. The smallest absolute Gasteiger partial charge is 0.241 e. The summed E-state index contributed by atoms with van der Waals surface area (Å²) >= 11 is 1.60. The summed E-state index contributed by atoms with van der Waals surface area (Å²) in [5.41, 5.74) is 2.46. The zero-order valence-electron chi connectivity index (χ0n) is 16.0. The van der Waals surface area contributed by atoms with Crippen molar-refractivity contribution < 1.29 is 9.32 Å². The number of nitrogens with zero attached hydrogens (tertiary/aromatic N) is 4. The van der Waals surface area contributed by atoms with Gasteiger partial charge in [0, 0.05) is 32.6 Å². The number of aryl methyl sites for hydroxylation is 2. The minimum atomic E-state index is 0.235. The van der Waals surface area contributed by atoms with E-state index in [-0.39, 0.29) is 5.91 Å². The number of rotatable bonds is 6. The van der Waals surface area contributed by atoms with Gasteiger partial charge >= 0.3 is 0 Å². The molecular weight excluding hydrogens is 372 g/mol. The molecule has 0 N–H and O–H groups in total. The van der Waals surface area contributed by atoms with Crippen molar-refractivity contribution in [2.75, 3.05) is 26.2 Å². The maximum absolute atomic E-state index is 12.5. The Hall–Kier alpha value is -2.51. The lowest BCUT2D eigenvalue weighted by Crippen LogP contribution is -2.48. The van der Waals surface area contributed by atoms with Crippen LogP contribution in [0.3, 0.4) is 0 Å². The van der Waals surface area contributed by atoms with Crippen molar-refractivity contribution >= 4 is 17.2 Å². The van der Waals surface area contributed by atoms with Gasteiger partial charge in [0.25, 0.3) is 0 Å². The molecule has 0 saturated carbocycles. The lowest BCUT2D eigenvalue weighted by Gasteiger charge is -2.34. The lowest BCUT2D eigenvalue weighted by molar-refractivity contribution is -0.133. The summed E-state index contributed by atoms with van der Waals surface area (Å²) in [5.74, 6) is 1.51. The zero-order chi connectivity index (χ0) is 19.3. The van der Waals surface area contributed by atoms with E-state index in [9.17, 15) is 4.79 Å². The molecule has 2 aromatic heterocycles. The van der Waals surface area contributed by atoms with Crippen LogP contribution in [-0.4, -0.2) is 52.0 Å². The first kappa shape index (κ1) is 18.8. The predicted molar refractivity (Wildman–Crippen MR) is 109 cm³/mol. The van der Waals surface area contributed by atoms with Gasteiger partial charge in [0.1, 0.15) is 0 Å². The molecule has 1 aliphatic heterocycles. The van der Waals surface area contributed by atoms with Gasteiger partial charge in [-0.3, -0.25) is 9.69 Å². The molecule has 0 bridgehead atoms. The second-order valence-corrected chi connectivity index (χ2v) is 8.08. The highest BCUT2D eigenvalue weighted by molar-refractivity contribution is 7.13. The maximum Gasteiger partial charge on any atom is 0.241 e. The third-order valence-electron chi connectivity index (χ3n) is 5.00. The lowest BCUT2D eigenvalue weighted by atomic mass is 10.1. The van der Waals surface area contributed by atoms with Gasteiger partial charge < -0.3 is 9.42 Å². The van der Waals surface area contributed by atoms with E-state index >= 15 is 0 Å². The van der Waals surface area contributed by atoms with Crippen molar-refractivity contribution in [3.05, 3.63) is 58.8 Å². The van der Waals surface area contributed by atoms with Crippen LogP contribution in [0.25, 0.3) is 10.7 Å². The van der Waals surface area contributed by atoms with Gasteiger partial charge in [-0.05, 0) is 30.4 Å². The van der Waals surface area contributed by atoms with Gasteiger partial charge in [0.15, 0.2) is 0 Å². The summed E-state index contributed by atoms with van der Waals surface area (Å²) in [6.07, 6.45) is 1.37. The van der Waals surface area contributed by atoms with Crippen molar-refractivity contribution in [1.82, 2.24) is 19.9 Å². The number of hydrogen-bond donors (Lipinski definition) is 0. The molecule has 6 nitrogen and oxygen atoms in total. The van der Waals surface area contributed by atoms with Crippen molar-refractivity contribution in [2.45, 2.75) is 26.3 Å². The molecule has 0 radical (unpaired) electrons. The summed E-state index contributed by atoms with van der Waals surface area (Å²) in [5, 5.41) is 6.06. The molecule has 0 atom stereocenters. The Morgan fingerprint density at radius 1 is 1.18 bits per heavy atom. The highest BCUT2D eigenvalue weighted by Gasteiger charge is 2.22. The number of amides is 1. The van der Waals surface area contributed by atoms with Crippen molar-refractivity contribution in [1.29, 1.82) is 0 Å². The van der Waals surface area contributed by atoms with Crippen LogP contribution < -0.4 is 0 Å². The van der Waals surface area contributed by atoms with E-state index < -0.39 is 0 Å². The first-order valence-electron chi connectivity index (χ1n) is 9.59.